The van der Waals surface area contributed by atoms with Crippen LogP contribution in [0.2, 0.25) is 5.02 Å². The van der Waals surface area contributed by atoms with Crippen LogP contribution in [-0.2, 0) is 6.18 Å². The molecule has 0 radical (unpaired) electrons. The van der Waals surface area contributed by atoms with Crippen molar-refractivity contribution in [2.75, 3.05) is 0 Å². The molecule has 0 amide bonds. The number of hydrogen-bond donors (Lipinski definition) is 1. The average Bonchev–Trinajstić information content (AvgIpc) is 2.78. The van der Waals surface area contributed by atoms with Crippen LogP contribution in [0.1, 0.15) is 16.2 Å². The lowest BCUT2D eigenvalue weighted by molar-refractivity contribution is -0.141. The molecular formula is C10H5ClF3N3O2. The Bertz CT molecular complexity index is 639. The number of aromatic nitrogens is 3. The maximum absolute atomic E-state index is 12.4. The van der Waals surface area contributed by atoms with Crippen LogP contribution in [0.3, 0.4) is 0 Å². The molecule has 1 N–H and O–H groups in total. The molecule has 2 heterocycles. The molecule has 5 nitrogen and oxygen atoms in total. The number of nitrogens with zero attached hydrogens (tertiary/aromatic N) is 3. The van der Waals surface area contributed by atoms with Crippen molar-refractivity contribution in [3.8, 4) is 5.82 Å². The van der Waals surface area contributed by atoms with E-state index >= 15 is 0 Å². The zero-order chi connectivity index (χ0) is 14.2. The number of pyridine rings is 1. The van der Waals surface area contributed by atoms with Crippen molar-refractivity contribution < 1.29 is 23.1 Å². The second kappa shape index (κ2) is 4.54. The van der Waals surface area contributed by atoms with Crippen molar-refractivity contribution in [2.45, 2.75) is 6.18 Å². The minimum Gasteiger partial charge on any atom is -0.476 e. The third-order valence-corrected chi connectivity index (χ3v) is 2.45. The van der Waals surface area contributed by atoms with Gasteiger partial charge in [-0.05, 0) is 18.2 Å². The standard InChI is InChI=1S/C10H5ClF3N3O2/c11-5-1-2-7(15-8(5)9(18)19)17-4-3-6(16-17)10(12,13)14/h1-4H,(H,18,19). The van der Waals surface area contributed by atoms with Gasteiger partial charge in [0.2, 0.25) is 0 Å². The van der Waals surface area contributed by atoms with Gasteiger partial charge in [0.05, 0.1) is 5.02 Å². The van der Waals surface area contributed by atoms with Crippen LogP contribution in [0.15, 0.2) is 24.4 Å². The van der Waals surface area contributed by atoms with Crippen molar-refractivity contribution in [3.63, 3.8) is 0 Å². The predicted octanol–water partition coefficient (Wildman–Crippen LogP) is 2.64. The average molecular weight is 292 g/mol. The summed E-state index contributed by atoms with van der Waals surface area (Å²) in [5, 5.41) is 12.0. The fraction of sp³-hybridized carbons (Fsp3) is 0.100. The van der Waals surface area contributed by atoms with Crippen LogP contribution in [0.4, 0.5) is 13.2 Å². The molecule has 0 bridgehead atoms. The summed E-state index contributed by atoms with van der Waals surface area (Å²) in [5.74, 6) is -1.45. The number of alkyl halides is 3. The maximum Gasteiger partial charge on any atom is 0.435 e. The van der Waals surface area contributed by atoms with E-state index in [0.29, 0.717) is 0 Å². The highest BCUT2D eigenvalue weighted by atomic mass is 35.5. The van der Waals surface area contributed by atoms with Crippen LogP contribution in [0, 0.1) is 0 Å². The number of carboxylic acid groups (broad SMARTS) is 1. The molecule has 2 aromatic heterocycles. The van der Waals surface area contributed by atoms with Gasteiger partial charge in [-0.25, -0.2) is 14.5 Å². The van der Waals surface area contributed by atoms with Gasteiger partial charge in [-0.15, -0.1) is 0 Å². The zero-order valence-corrected chi connectivity index (χ0v) is 9.77. The number of carbonyl (C=O) groups is 1. The van der Waals surface area contributed by atoms with E-state index < -0.39 is 23.5 Å². The summed E-state index contributed by atoms with van der Waals surface area (Å²) in [6, 6.07) is 3.25. The Balaban J connectivity index is 2.45. The van der Waals surface area contributed by atoms with Crippen LogP contribution in [0.5, 0.6) is 0 Å². The SMILES string of the molecule is O=C(O)c1nc(-n2ccc(C(F)(F)F)n2)ccc1Cl. The number of halogens is 4. The van der Waals surface area contributed by atoms with Crippen molar-refractivity contribution in [2.24, 2.45) is 0 Å². The predicted molar refractivity (Wildman–Crippen MR) is 58.3 cm³/mol. The molecule has 0 saturated carbocycles. The summed E-state index contributed by atoms with van der Waals surface area (Å²) in [6.07, 6.45) is -3.54. The van der Waals surface area contributed by atoms with Crippen LogP contribution in [0.25, 0.3) is 5.82 Å². The van der Waals surface area contributed by atoms with Gasteiger partial charge in [-0.1, -0.05) is 11.6 Å². The first kappa shape index (κ1) is 13.3. The lowest BCUT2D eigenvalue weighted by atomic mass is 10.3. The van der Waals surface area contributed by atoms with Crippen LogP contribution in [-0.4, -0.2) is 25.8 Å². The maximum atomic E-state index is 12.4. The molecule has 2 rings (SSSR count). The molecule has 0 aromatic carbocycles. The van der Waals surface area contributed by atoms with E-state index in [9.17, 15) is 18.0 Å². The zero-order valence-electron chi connectivity index (χ0n) is 9.02. The lowest BCUT2D eigenvalue weighted by Crippen LogP contribution is -2.09. The fourth-order valence-electron chi connectivity index (χ4n) is 1.31. The van der Waals surface area contributed by atoms with Crippen molar-refractivity contribution >= 4 is 17.6 Å². The highest BCUT2D eigenvalue weighted by Crippen LogP contribution is 2.27. The van der Waals surface area contributed by atoms with E-state index in [-0.39, 0.29) is 10.8 Å². The number of rotatable bonds is 2. The van der Waals surface area contributed by atoms with Gasteiger partial charge in [0, 0.05) is 6.20 Å². The fourth-order valence-corrected chi connectivity index (χ4v) is 1.50. The summed E-state index contributed by atoms with van der Waals surface area (Å²) >= 11 is 5.60. The summed E-state index contributed by atoms with van der Waals surface area (Å²) in [6.45, 7) is 0. The molecular weight excluding hydrogens is 287 g/mol. The second-order valence-electron chi connectivity index (χ2n) is 3.45. The monoisotopic (exact) mass is 291 g/mol. The molecule has 0 atom stereocenters. The summed E-state index contributed by atoms with van der Waals surface area (Å²) in [4.78, 5) is 14.5. The Kier molecular flexibility index (Phi) is 3.19. The highest BCUT2D eigenvalue weighted by Gasteiger charge is 2.33. The van der Waals surface area contributed by atoms with Gasteiger partial charge < -0.3 is 5.11 Å². The number of hydrogen-bond acceptors (Lipinski definition) is 3. The first-order chi connectivity index (χ1) is 8.79. The van der Waals surface area contributed by atoms with Gasteiger partial charge >= 0.3 is 12.1 Å². The van der Waals surface area contributed by atoms with Crippen LogP contribution >= 0.6 is 11.6 Å². The van der Waals surface area contributed by atoms with E-state index in [1.54, 1.807) is 0 Å². The smallest absolute Gasteiger partial charge is 0.435 e. The normalized spacial score (nSPS) is 11.6. The number of carboxylic acids is 1. The van der Waals surface area contributed by atoms with E-state index in [1.165, 1.54) is 12.1 Å². The topological polar surface area (TPSA) is 68.0 Å². The molecule has 0 spiro atoms. The highest BCUT2D eigenvalue weighted by molar-refractivity contribution is 6.33. The third kappa shape index (κ3) is 2.68. The minimum absolute atomic E-state index is 0.0719. The molecule has 2 aromatic rings. The molecule has 0 aliphatic carbocycles. The molecule has 0 aliphatic rings. The lowest BCUT2D eigenvalue weighted by Gasteiger charge is -2.04. The van der Waals surface area contributed by atoms with Crippen molar-refractivity contribution in [3.05, 3.63) is 40.8 Å². The Morgan fingerprint density at radius 1 is 1.32 bits per heavy atom. The Morgan fingerprint density at radius 2 is 2.00 bits per heavy atom. The molecule has 19 heavy (non-hydrogen) atoms. The molecule has 0 aliphatic heterocycles. The quantitative estimate of drug-likeness (QED) is 0.923. The van der Waals surface area contributed by atoms with Gasteiger partial charge in [-0.3, -0.25) is 0 Å². The van der Waals surface area contributed by atoms with Gasteiger partial charge in [-0.2, -0.15) is 18.3 Å². The largest absolute Gasteiger partial charge is 0.476 e. The minimum atomic E-state index is -4.58. The Labute approximate surface area is 109 Å². The van der Waals surface area contributed by atoms with Gasteiger partial charge in [0.25, 0.3) is 0 Å². The third-order valence-electron chi connectivity index (χ3n) is 2.15. The summed E-state index contributed by atoms with van der Waals surface area (Å²) < 4.78 is 38.0. The van der Waals surface area contributed by atoms with Gasteiger partial charge in [0.15, 0.2) is 17.2 Å². The van der Waals surface area contributed by atoms with E-state index in [2.05, 4.69) is 10.1 Å². The first-order valence-corrected chi connectivity index (χ1v) is 5.20. The number of aromatic carboxylic acids is 1. The van der Waals surface area contributed by atoms with E-state index in [4.69, 9.17) is 16.7 Å². The Morgan fingerprint density at radius 3 is 2.53 bits per heavy atom. The van der Waals surface area contributed by atoms with Crippen molar-refractivity contribution in [1.29, 1.82) is 0 Å². The second-order valence-corrected chi connectivity index (χ2v) is 3.86. The Hall–Kier alpha value is -2.09. The van der Waals surface area contributed by atoms with Gasteiger partial charge in [0.1, 0.15) is 0 Å². The molecule has 0 unspecified atom stereocenters. The molecule has 0 saturated heterocycles. The molecule has 9 heteroatoms. The first-order valence-electron chi connectivity index (χ1n) is 4.82. The van der Waals surface area contributed by atoms with Crippen LogP contribution < -0.4 is 0 Å². The van der Waals surface area contributed by atoms with E-state index in [1.807, 2.05) is 0 Å². The summed E-state index contributed by atoms with van der Waals surface area (Å²) in [7, 11) is 0. The molecule has 100 valence electrons. The van der Waals surface area contributed by atoms with E-state index in [0.717, 1.165) is 16.9 Å². The van der Waals surface area contributed by atoms with Crippen molar-refractivity contribution in [1.82, 2.24) is 14.8 Å². The summed E-state index contributed by atoms with van der Waals surface area (Å²) in [5.41, 5.74) is -1.55. The molecule has 0 fully saturated rings.